The summed E-state index contributed by atoms with van der Waals surface area (Å²) in [6.07, 6.45) is 1.28. The quantitative estimate of drug-likeness (QED) is 0.623. The normalized spacial score (nSPS) is 16.6. The Kier molecular flexibility index (Phi) is 5.06. The number of rotatable bonds is 0. The van der Waals surface area contributed by atoms with Gasteiger partial charge in [-0.25, -0.2) is 10.0 Å². The molecule has 8 nitrogen and oxygen atoms in total. The SMILES string of the molecule is CC(=O)N1CCCCN(C(C)=O)N(C(C)=O)N1C(C)=O. The highest BCUT2D eigenvalue weighted by Gasteiger charge is 2.36. The molecule has 1 aliphatic rings. The molecule has 0 aromatic rings. The highest BCUT2D eigenvalue weighted by atomic mass is 16.2. The van der Waals surface area contributed by atoms with Gasteiger partial charge < -0.3 is 0 Å². The van der Waals surface area contributed by atoms with E-state index in [1.54, 1.807) is 0 Å². The molecule has 1 heterocycles. The summed E-state index contributed by atoms with van der Waals surface area (Å²) >= 11 is 0. The van der Waals surface area contributed by atoms with Gasteiger partial charge in [-0.3, -0.25) is 19.2 Å². The molecule has 0 bridgehead atoms. The Morgan fingerprint density at radius 1 is 0.600 bits per heavy atom. The first kappa shape index (κ1) is 15.9. The van der Waals surface area contributed by atoms with Crippen molar-refractivity contribution < 1.29 is 19.2 Å². The van der Waals surface area contributed by atoms with Gasteiger partial charge in [0.1, 0.15) is 0 Å². The molecule has 112 valence electrons. The van der Waals surface area contributed by atoms with Crippen LogP contribution in [0.15, 0.2) is 0 Å². The number of hydrogen-bond acceptors (Lipinski definition) is 4. The highest BCUT2D eigenvalue weighted by molar-refractivity contribution is 5.84. The molecule has 20 heavy (non-hydrogen) atoms. The molecule has 0 atom stereocenters. The smallest absolute Gasteiger partial charge is 0.259 e. The van der Waals surface area contributed by atoms with Crippen molar-refractivity contribution in [3.05, 3.63) is 0 Å². The lowest BCUT2D eigenvalue weighted by Crippen LogP contribution is -2.66. The van der Waals surface area contributed by atoms with E-state index in [0.29, 0.717) is 25.9 Å². The van der Waals surface area contributed by atoms with E-state index in [2.05, 4.69) is 0 Å². The minimum atomic E-state index is -0.511. The molecule has 4 amide bonds. The number of carbonyl (C=O) groups is 4. The third kappa shape index (κ3) is 3.25. The standard InChI is InChI=1S/C12H20N4O4/c1-9(17)13-7-5-6-8-14(10(2)18)16(12(4)20)15(13)11(3)19/h5-8H2,1-4H3. The van der Waals surface area contributed by atoms with Crippen LogP contribution in [0.2, 0.25) is 0 Å². The van der Waals surface area contributed by atoms with Crippen molar-refractivity contribution in [1.29, 1.82) is 0 Å². The number of hydrogen-bond donors (Lipinski definition) is 0. The van der Waals surface area contributed by atoms with E-state index >= 15 is 0 Å². The average molecular weight is 284 g/mol. The lowest BCUT2D eigenvalue weighted by molar-refractivity contribution is -0.252. The fraction of sp³-hybridized carbons (Fsp3) is 0.667. The maximum Gasteiger partial charge on any atom is 0.259 e. The van der Waals surface area contributed by atoms with E-state index in [0.717, 1.165) is 10.2 Å². The van der Waals surface area contributed by atoms with Crippen molar-refractivity contribution in [2.24, 2.45) is 0 Å². The molecule has 0 N–H and O–H groups in total. The van der Waals surface area contributed by atoms with Gasteiger partial charge in [0.25, 0.3) is 11.8 Å². The van der Waals surface area contributed by atoms with Crippen molar-refractivity contribution in [2.75, 3.05) is 13.1 Å². The van der Waals surface area contributed by atoms with Gasteiger partial charge in [-0.2, -0.15) is 0 Å². The van der Waals surface area contributed by atoms with Crippen molar-refractivity contribution in [3.63, 3.8) is 0 Å². The molecule has 0 aromatic carbocycles. The van der Waals surface area contributed by atoms with Crippen molar-refractivity contribution in [2.45, 2.75) is 40.5 Å². The molecular weight excluding hydrogens is 264 g/mol. The summed E-state index contributed by atoms with van der Waals surface area (Å²) in [7, 11) is 0. The summed E-state index contributed by atoms with van der Waals surface area (Å²) in [5.74, 6) is -1.75. The van der Waals surface area contributed by atoms with Crippen LogP contribution >= 0.6 is 0 Å². The summed E-state index contributed by atoms with van der Waals surface area (Å²) in [4.78, 5) is 47.2. The van der Waals surface area contributed by atoms with Crippen molar-refractivity contribution in [3.8, 4) is 0 Å². The van der Waals surface area contributed by atoms with E-state index in [9.17, 15) is 19.2 Å². The Balaban J connectivity index is 3.29. The maximum atomic E-state index is 11.9. The molecule has 0 aromatic heterocycles. The molecule has 1 saturated heterocycles. The minimum Gasteiger partial charge on any atom is -0.273 e. The minimum absolute atomic E-state index is 0.324. The predicted octanol–water partition coefficient (Wildman–Crippen LogP) is -0.0808. The van der Waals surface area contributed by atoms with Crippen LogP contribution < -0.4 is 0 Å². The molecule has 8 heteroatoms. The van der Waals surface area contributed by atoms with Crippen LogP contribution in [0.25, 0.3) is 0 Å². The first-order valence-electron chi connectivity index (χ1n) is 6.44. The van der Waals surface area contributed by atoms with E-state index in [1.165, 1.54) is 37.7 Å². The number of carbonyl (C=O) groups excluding carboxylic acids is 4. The lowest BCUT2D eigenvalue weighted by Gasteiger charge is -2.45. The zero-order valence-electron chi connectivity index (χ0n) is 12.3. The second-order valence-electron chi connectivity index (χ2n) is 4.61. The van der Waals surface area contributed by atoms with Gasteiger partial charge in [0.2, 0.25) is 11.8 Å². The second kappa shape index (κ2) is 6.36. The Morgan fingerprint density at radius 2 is 0.900 bits per heavy atom. The van der Waals surface area contributed by atoms with E-state index in [-0.39, 0.29) is 11.8 Å². The van der Waals surface area contributed by atoms with Gasteiger partial charge in [0.15, 0.2) is 0 Å². The fourth-order valence-electron chi connectivity index (χ4n) is 2.11. The zero-order chi connectivity index (χ0) is 15.4. The van der Waals surface area contributed by atoms with Crippen LogP contribution in [0.5, 0.6) is 0 Å². The summed E-state index contributed by atoms with van der Waals surface area (Å²) in [6.45, 7) is 5.76. The molecule has 0 aliphatic carbocycles. The van der Waals surface area contributed by atoms with Crippen LogP contribution in [0.3, 0.4) is 0 Å². The molecule has 1 fully saturated rings. The molecule has 1 rings (SSSR count). The van der Waals surface area contributed by atoms with Gasteiger partial charge in [-0.1, -0.05) is 0 Å². The summed E-state index contributed by atoms with van der Waals surface area (Å²) in [5, 5.41) is 4.23. The zero-order valence-corrected chi connectivity index (χ0v) is 12.3. The average Bonchev–Trinajstić information content (AvgIpc) is 2.26. The molecule has 1 aliphatic heterocycles. The summed E-state index contributed by atoms with van der Waals surface area (Å²) in [5.41, 5.74) is 0. The highest BCUT2D eigenvalue weighted by Crippen LogP contribution is 2.16. The van der Waals surface area contributed by atoms with E-state index in [1.807, 2.05) is 0 Å². The number of hydrazine groups is 3. The number of amides is 4. The van der Waals surface area contributed by atoms with E-state index < -0.39 is 11.8 Å². The van der Waals surface area contributed by atoms with Gasteiger partial charge in [-0.15, -0.1) is 10.2 Å². The second-order valence-corrected chi connectivity index (χ2v) is 4.61. The summed E-state index contributed by atoms with van der Waals surface area (Å²) < 4.78 is 0. The monoisotopic (exact) mass is 284 g/mol. The Labute approximate surface area is 117 Å². The number of nitrogens with zero attached hydrogens (tertiary/aromatic N) is 4. The maximum absolute atomic E-state index is 11.9. The first-order valence-corrected chi connectivity index (χ1v) is 6.44. The van der Waals surface area contributed by atoms with Gasteiger partial charge >= 0.3 is 0 Å². The largest absolute Gasteiger partial charge is 0.273 e. The topological polar surface area (TPSA) is 81.2 Å². The van der Waals surface area contributed by atoms with Gasteiger partial charge in [0, 0.05) is 40.8 Å². The summed E-state index contributed by atoms with van der Waals surface area (Å²) in [6, 6.07) is 0. The van der Waals surface area contributed by atoms with Crippen LogP contribution in [0.4, 0.5) is 0 Å². The Bertz CT molecular complexity index is 397. The molecule has 0 saturated carbocycles. The fourth-order valence-corrected chi connectivity index (χ4v) is 2.11. The first-order chi connectivity index (χ1) is 9.27. The Morgan fingerprint density at radius 3 is 1.10 bits per heavy atom. The van der Waals surface area contributed by atoms with Crippen LogP contribution in [0, 0.1) is 0 Å². The molecule has 0 spiro atoms. The lowest BCUT2D eigenvalue weighted by atomic mass is 10.3. The van der Waals surface area contributed by atoms with Crippen LogP contribution in [-0.4, -0.2) is 57.0 Å². The Hall–Kier alpha value is -2.12. The predicted molar refractivity (Wildman–Crippen MR) is 69.0 cm³/mol. The van der Waals surface area contributed by atoms with Crippen LogP contribution in [-0.2, 0) is 19.2 Å². The third-order valence-corrected chi connectivity index (χ3v) is 2.92. The van der Waals surface area contributed by atoms with Gasteiger partial charge in [-0.05, 0) is 12.8 Å². The molecule has 0 unspecified atom stereocenters. The third-order valence-electron chi connectivity index (χ3n) is 2.92. The molecular formula is C12H20N4O4. The van der Waals surface area contributed by atoms with Crippen molar-refractivity contribution >= 4 is 23.6 Å². The van der Waals surface area contributed by atoms with Crippen LogP contribution in [0.1, 0.15) is 40.5 Å². The molecule has 0 radical (unpaired) electrons. The van der Waals surface area contributed by atoms with Crippen molar-refractivity contribution in [1.82, 2.24) is 20.3 Å². The van der Waals surface area contributed by atoms with Gasteiger partial charge in [0.05, 0.1) is 0 Å². The van der Waals surface area contributed by atoms with E-state index in [4.69, 9.17) is 0 Å².